The van der Waals surface area contributed by atoms with E-state index < -0.39 is 5.82 Å². The second-order valence-corrected chi connectivity index (χ2v) is 3.96. The van der Waals surface area contributed by atoms with Gasteiger partial charge < -0.3 is 5.73 Å². The van der Waals surface area contributed by atoms with Gasteiger partial charge in [-0.3, -0.25) is 0 Å². The van der Waals surface area contributed by atoms with Gasteiger partial charge in [0.05, 0.1) is 11.3 Å². The quantitative estimate of drug-likeness (QED) is 0.558. The van der Waals surface area contributed by atoms with Gasteiger partial charge in [-0.05, 0) is 48.9 Å². The number of halogens is 2. The molecule has 0 aliphatic heterocycles. The molecular formula is C15H11F2N. The monoisotopic (exact) mass is 243 g/mol. The van der Waals surface area contributed by atoms with Crippen LogP contribution < -0.4 is 5.73 Å². The molecule has 3 heteroatoms. The van der Waals surface area contributed by atoms with Gasteiger partial charge in [0.2, 0.25) is 0 Å². The molecule has 0 atom stereocenters. The zero-order valence-electron chi connectivity index (χ0n) is 9.80. The Labute approximate surface area is 104 Å². The van der Waals surface area contributed by atoms with Crippen molar-refractivity contribution in [2.45, 2.75) is 6.92 Å². The van der Waals surface area contributed by atoms with Gasteiger partial charge in [0.1, 0.15) is 11.6 Å². The molecule has 0 aliphatic carbocycles. The molecule has 2 N–H and O–H groups in total. The zero-order chi connectivity index (χ0) is 13.1. The van der Waals surface area contributed by atoms with E-state index >= 15 is 0 Å². The lowest BCUT2D eigenvalue weighted by atomic mass is 10.1. The van der Waals surface area contributed by atoms with Gasteiger partial charge in [-0.2, -0.15) is 0 Å². The van der Waals surface area contributed by atoms with E-state index in [1.54, 1.807) is 25.1 Å². The van der Waals surface area contributed by atoms with E-state index in [1.807, 2.05) is 0 Å². The van der Waals surface area contributed by atoms with Gasteiger partial charge in [-0.25, -0.2) is 8.78 Å². The number of benzene rings is 2. The first-order valence-corrected chi connectivity index (χ1v) is 5.39. The fraction of sp³-hybridized carbons (Fsp3) is 0.0667. The van der Waals surface area contributed by atoms with Crippen molar-refractivity contribution >= 4 is 5.69 Å². The fourth-order valence-corrected chi connectivity index (χ4v) is 1.53. The van der Waals surface area contributed by atoms with Crippen molar-refractivity contribution in [3.8, 4) is 11.8 Å². The molecule has 0 saturated carbocycles. The minimum absolute atomic E-state index is 0.0372. The van der Waals surface area contributed by atoms with Crippen molar-refractivity contribution in [1.82, 2.24) is 0 Å². The molecule has 0 aromatic heterocycles. The van der Waals surface area contributed by atoms with Gasteiger partial charge in [-0.1, -0.05) is 11.8 Å². The Morgan fingerprint density at radius 3 is 2.33 bits per heavy atom. The van der Waals surface area contributed by atoms with Crippen molar-refractivity contribution in [3.63, 3.8) is 0 Å². The van der Waals surface area contributed by atoms with Gasteiger partial charge in [-0.15, -0.1) is 0 Å². The molecule has 0 radical (unpaired) electrons. The summed E-state index contributed by atoms with van der Waals surface area (Å²) in [6.45, 7) is 1.77. The van der Waals surface area contributed by atoms with E-state index in [2.05, 4.69) is 11.8 Å². The highest BCUT2D eigenvalue weighted by Gasteiger charge is 2.03. The summed E-state index contributed by atoms with van der Waals surface area (Å²) in [6, 6.07) is 8.84. The SMILES string of the molecule is Cc1cc(F)c(N)c(C#Cc2ccc(F)cc2)c1. The predicted octanol–water partition coefficient (Wildman–Crippen LogP) is 3.26. The maximum Gasteiger partial charge on any atom is 0.147 e. The molecule has 0 amide bonds. The van der Waals surface area contributed by atoms with Crippen LogP contribution in [0.1, 0.15) is 16.7 Å². The van der Waals surface area contributed by atoms with Gasteiger partial charge >= 0.3 is 0 Å². The molecule has 18 heavy (non-hydrogen) atoms. The van der Waals surface area contributed by atoms with Crippen LogP contribution in [0, 0.1) is 30.4 Å². The Morgan fingerprint density at radius 2 is 1.67 bits per heavy atom. The van der Waals surface area contributed by atoms with E-state index in [4.69, 9.17) is 5.73 Å². The van der Waals surface area contributed by atoms with Crippen molar-refractivity contribution in [2.75, 3.05) is 5.73 Å². The molecule has 0 fully saturated rings. The first kappa shape index (κ1) is 12.1. The third-order valence-electron chi connectivity index (χ3n) is 2.46. The number of nitrogen functional groups attached to an aromatic ring is 1. The summed E-state index contributed by atoms with van der Waals surface area (Å²) in [5.74, 6) is 4.82. The van der Waals surface area contributed by atoms with E-state index in [0.29, 0.717) is 11.1 Å². The summed E-state index contributed by atoms with van der Waals surface area (Å²) in [4.78, 5) is 0. The molecule has 2 rings (SSSR count). The van der Waals surface area contributed by atoms with Crippen molar-refractivity contribution in [3.05, 3.63) is 64.7 Å². The first-order valence-electron chi connectivity index (χ1n) is 5.39. The van der Waals surface area contributed by atoms with E-state index in [1.165, 1.54) is 18.2 Å². The Kier molecular flexibility index (Phi) is 3.29. The van der Waals surface area contributed by atoms with Crippen LogP contribution in [0.15, 0.2) is 36.4 Å². The average molecular weight is 243 g/mol. The molecule has 0 aliphatic rings. The molecule has 90 valence electrons. The highest BCUT2D eigenvalue weighted by Crippen LogP contribution is 2.17. The molecule has 1 nitrogen and oxygen atoms in total. The summed E-state index contributed by atoms with van der Waals surface area (Å²) >= 11 is 0. The van der Waals surface area contributed by atoms with Gasteiger partial charge in [0.15, 0.2) is 0 Å². The largest absolute Gasteiger partial charge is 0.395 e. The topological polar surface area (TPSA) is 26.0 Å². The molecule has 0 unspecified atom stereocenters. The zero-order valence-corrected chi connectivity index (χ0v) is 9.80. The van der Waals surface area contributed by atoms with E-state index in [0.717, 1.165) is 5.56 Å². The fourth-order valence-electron chi connectivity index (χ4n) is 1.53. The van der Waals surface area contributed by atoms with Crippen molar-refractivity contribution in [2.24, 2.45) is 0 Å². The van der Waals surface area contributed by atoms with Crippen LogP contribution >= 0.6 is 0 Å². The van der Waals surface area contributed by atoms with Gasteiger partial charge in [0.25, 0.3) is 0 Å². The summed E-state index contributed by atoms with van der Waals surface area (Å²) in [5, 5.41) is 0. The number of aryl methyl sites for hydroxylation is 1. The molecule has 0 bridgehead atoms. The number of hydrogen-bond donors (Lipinski definition) is 1. The third kappa shape index (κ3) is 2.67. The van der Waals surface area contributed by atoms with E-state index in [9.17, 15) is 8.78 Å². The Hall–Kier alpha value is -2.34. The average Bonchev–Trinajstić information content (AvgIpc) is 2.34. The third-order valence-corrected chi connectivity index (χ3v) is 2.46. The summed E-state index contributed by atoms with van der Waals surface area (Å²) in [5.41, 5.74) is 7.49. The minimum atomic E-state index is -0.474. The second-order valence-electron chi connectivity index (χ2n) is 3.96. The lowest BCUT2D eigenvalue weighted by Gasteiger charge is -2.01. The maximum absolute atomic E-state index is 13.4. The molecular weight excluding hydrogens is 232 g/mol. The summed E-state index contributed by atoms with van der Waals surface area (Å²) in [7, 11) is 0. The minimum Gasteiger partial charge on any atom is -0.395 e. The number of hydrogen-bond acceptors (Lipinski definition) is 1. The Balaban J connectivity index is 2.38. The number of anilines is 1. The standard InChI is InChI=1S/C15H11F2N/c1-10-8-12(15(18)14(17)9-10)5-2-11-3-6-13(16)7-4-11/h3-4,6-9H,18H2,1H3. The summed E-state index contributed by atoms with van der Waals surface area (Å²) in [6.07, 6.45) is 0. The predicted molar refractivity (Wildman–Crippen MR) is 67.9 cm³/mol. The molecule has 0 heterocycles. The number of rotatable bonds is 0. The molecule has 2 aromatic carbocycles. The van der Waals surface area contributed by atoms with Crippen LogP contribution in [0.2, 0.25) is 0 Å². The van der Waals surface area contributed by atoms with Crippen LogP contribution in [-0.4, -0.2) is 0 Å². The molecule has 0 saturated heterocycles. The normalized spacial score (nSPS) is 9.72. The van der Waals surface area contributed by atoms with Gasteiger partial charge in [0, 0.05) is 5.56 Å². The van der Waals surface area contributed by atoms with Crippen LogP contribution in [0.25, 0.3) is 0 Å². The lowest BCUT2D eigenvalue weighted by Crippen LogP contribution is -1.95. The number of nitrogens with two attached hydrogens (primary N) is 1. The lowest BCUT2D eigenvalue weighted by molar-refractivity contribution is 0.627. The maximum atomic E-state index is 13.4. The highest BCUT2D eigenvalue weighted by molar-refractivity contribution is 5.59. The Morgan fingerprint density at radius 1 is 1.00 bits per heavy atom. The molecule has 0 spiro atoms. The Bertz CT molecular complexity index is 634. The van der Waals surface area contributed by atoms with Crippen molar-refractivity contribution in [1.29, 1.82) is 0 Å². The smallest absolute Gasteiger partial charge is 0.147 e. The van der Waals surface area contributed by atoms with Crippen molar-refractivity contribution < 1.29 is 8.78 Å². The van der Waals surface area contributed by atoms with Crippen LogP contribution in [-0.2, 0) is 0 Å². The van der Waals surface area contributed by atoms with Crippen LogP contribution in [0.3, 0.4) is 0 Å². The second kappa shape index (κ2) is 4.89. The van der Waals surface area contributed by atoms with E-state index in [-0.39, 0.29) is 11.5 Å². The van der Waals surface area contributed by atoms with Crippen LogP contribution in [0.4, 0.5) is 14.5 Å². The van der Waals surface area contributed by atoms with Crippen LogP contribution in [0.5, 0.6) is 0 Å². The molecule has 2 aromatic rings. The first-order chi connectivity index (χ1) is 8.56. The highest BCUT2D eigenvalue weighted by atomic mass is 19.1. The summed E-state index contributed by atoms with van der Waals surface area (Å²) < 4.78 is 26.1.